The molecule has 0 amide bonds. The molecule has 0 atom stereocenters. The smallest absolute Gasteiger partial charge is 0.405 e. The molecule has 5 N–H and O–H groups in total. The van der Waals surface area contributed by atoms with Crippen molar-refractivity contribution in [3.8, 4) is 5.75 Å². The maximum absolute atomic E-state index is 12.4. The van der Waals surface area contributed by atoms with Gasteiger partial charge in [-0.3, -0.25) is 0 Å². The van der Waals surface area contributed by atoms with Crippen LogP contribution in [0.1, 0.15) is 17.0 Å². The highest BCUT2D eigenvalue weighted by Crippen LogP contribution is 2.28. The Labute approximate surface area is 137 Å². The van der Waals surface area contributed by atoms with Gasteiger partial charge >= 0.3 is 6.36 Å². The lowest BCUT2D eigenvalue weighted by Crippen LogP contribution is -2.17. The SMILES string of the molecule is Cc1ccc(N/C=C(\N)c2cccc(CN)n2)cc1OC(F)(F)F. The number of alkyl halides is 3. The minimum Gasteiger partial charge on any atom is -0.405 e. The van der Waals surface area contributed by atoms with E-state index in [1.807, 2.05) is 0 Å². The van der Waals surface area contributed by atoms with Crippen molar-refractivity contribution >= 4 is 11.4 Å². The molecule has 0 aliphatic rings. The summed E-state index contributed by atoms with van der Waals surface area (Å²) in [5.41, 5.74) is 13.7. The minimum absolute atomic E-state index is 0.275. The molecule has 0 radical (unpaired) electrons. The number of halogens is 3. The van der Waals surface area contributed by atoms with Gasteiger partial charge in [-0.1, -0.05) is 12.1 Å². The first-order valence-electron chi connectivity index (χ1n) is 7.03. The van der Waals surface area contributed by atoms with Crippen LogP contribution in [0.15, 0.2) is 42.6 Å². The summed E-state index contributed by atoms with van der Waals surface area (Å²) >= 11 is 0. The molecule has 8 heteroatoms. The number of benzene rings is 1. The van der Waals surface area contributed by atoms with Crippen molar-refractivity contribution in [3.05, 3.63) is 59.5 Å². The molecule has 1 heterocycles. The van der Waals surface area contributed by atoms with E-state index in [0.29, 0.717) is 28.3 Å². The van der Waals surface area contributed by atoms with Crippen molar-refractivity contribution in [1.29, 1.82) is 0 Å². The summed E-state index contributed by atoms with van der Waals surface area (Å²) in [5, 5.41) is 2.83. The lowest BCUT2D eigenvalue weighted by molar-refractivity contribution is -0.274. The Kier molecular flexibility index (Phi) is 5.30. The van der Waals surface area contributed by atoms with E-state index in [1.165, 1.54) is 25.3 Å². The number of hydrogen-bond donors (Lipinski definition) is 3. The molecule has 1 aromatic heterocycles. The number of rotatable bonds is 5. The van der Waals surface area contributed by atoms with Crippen molar-refractivity contribution in [2.24, 2.45) is 11.5 Å². The Hall–Kier alpha value is -2.74. The standard InChI is InChI=1S/C16H17F3N4O/c1-10-5-6-11(7-15(10)24-16(17,18)19)22-9-13(21)14-4-2-3-12(8-20)23-14/h2-7,9,22H,8,20-21H2,1H3/b13-9-. The third-order valence-corrected chi connectivity index (χ3v) is 3.12. The van der Waals surface area contributed by atoms with E-state index >= 15 is 0 Å². The van der Waals surface area contributed by atoms with Crippen LogP contribution in [0.3, 0.4) is 0 Å². The van der Waals surface area contributed by atoms with Gasteiger partial charge < -0.3 is 21.5 Å². The fourth-order valence-electron chi connectivity index (χ4n) is 1.91. The van der Waals surface area contributed by atoms with Gasteiger partial charge in [0.25, 0.3) is 0 Å². The number of aromatic nitrogens is 1. The maximum Gasteiger partial charge on any atom is 0.573 e. The molecule has 0 bridgehead atoms. The van der Waals surface area contributed by atoms with Gasteiger partial charge in [0.05, 0.1) is 17.1 Å². The second-order valence-corrected chi connectivity index (χ2v) is 4.99. The molecule has 0 aliphatic carbocycles. The summed E-state index contributed by atoms with van der Waals surface area (Å²) in [4.78, 5) is 4.25. The van der Waals surface area contributed by atoms with E-state index in [4.69, 9.17) is 11.5 Å². The van der Waals surface area contributed by atoms with Crippen LogP contribution in [0, 0.1) is 6.92 Å². The summed E-state index contributed by atoms with van der Waals surface area (Å²) in [6.07, 6.45) is -3.30. The second kappa shape index (κ2) is 7.22. The second-order valence-electron chi connectivity index (χ2n) is 4.99. The first kappa shape index (κ1) is 17.6. The Bertz CT molecular complexity index is 744. The molecule has 1 aromatic carbocycles. The molecule has 2 aromatic rings. The zero-order valence-corrected chi connectivity index (χ0v) is 12.9. The summed E-state index contributed by atoms with van der Waals surface area (Å²) in [5.74, 6) is -0.275. The van der Waals surface area contributed by atoms with E-state index < -0.39 is 6.36 Å². The van der Waals surface area contributed by atoms with Gasteiger partial charge in [0.2, 0.25) is 0 Å². The normalized spacial score (nSPS) is 12.1. The summed E-state index contributed by atoms with van der Waals surface area (Å²) < 4.78 is 41.1. The number of nitrogens with one attached hydrogen (secondary N) is 1. The lowest BCUT2D eigenvalue weighted by atomic mass is 10.2. The van der Waals surface area contributed by atoms with Crippen molar-refractivity contribution in [1.82, 2.24) is 4.98 Å². The highest BCUT2D eigenvalue weighted by atomic mass is 19.4. The fourth-order valence-corrected chi connectivity index (χ4v) is 1.91. The number of hydrogen-bond acceptors (Lipinski definition) is 5. The van der Waals surface area contributed by atoms with Crippen LogP contribution < -0.4 is 21.5 Å². The zero-order chi connectivity index (χ0) is 17.7. The number of aryl methyl sites for hydroxylation is 1. The van der Waals surface area contributed by atoms with Crippen LogP contribution in [0.2, 0.25) is 0 Å². The Balaban J connectivity index is 2.17. The molecule has 0 fully saturated rings. The summed E-state index contributed by atoms with van der Waals surface area (Å²) in [6.45, 7) is 1.81. The van der Waals surface area contributed by atoms with E-state index in [9.17, 15) is 13.2 Å². The largest absolute Gasteiger partial charge is 0.573 e. The number of ether oxygens (including phenoxy) is 1. The maximum atomic E-state index is 12.4. The molecule has 0 spiro atoms. The van der Waals surface area contributed by atoms with Gasteiger partial charge in [0, 0.05) is 24.5 Å². The number of nitrogens with zero attached hydrogens (tertiary/aromatic N) is 1. The van der Waals surface area contributed by atoms with E-state index in [-0.39, 0.29) is 12.3 Å². The van der Waals surface area contributed by atoms with Crippen LogP contribution >= 0.6 is 0 Å². The zero-order valence-electron chi connectivity index (χ0n) is 12.9. The van der Waals surface area contributed by atoms with Gasteiger partial charge in [-0.15, -0.1) is 13.2 Å². The van der Waals surface area contributed by atoms with Gasteiger partial charge in [-0.2, -0.15) is 0 Å². The molecule has 5 nitrogen and oxygen atoms in total. The van der Waals surface area contributed by atoms with Gasteiger partial charge in [-0.05, 0) is 30.7 Å². The third kappa shape index (κ3) is 4.88. The average Bonchev–Trinajstić information content (AvgIpc) is 2.54. The Morgan fingerprint density at radius 1 is 1.29 bits per heavy atom. The topological polar surface area (TPSA) is 86.2 Å². The number of nitrogens with two attached hydrogens (primary N) is 2. The lowest BCUT2D eigenvalue weighted by Gasteiger charge is -2.13. The van der Waals surface area contributed by atoms with Crippen LogP contribution in [0.25, 0.3) is 5.70 Å². The molecule has 24 heavy (non-hydrogen) atoms. The van der Waals surface area contributed by atoms with E-state index in [1.54, 1.807) is 24.3 Å². The Morgan fingerprint density at radius 2 is 2.04 bits per heavy atom. The van der Waals surface area contributed by atoms with Gasteiger partial charge in [0.1, 0.15) is 5.75 Å². The van der Waals surface area contributed by atoms with Crippen LogP contribution in [0.4, 0.5) is 18.9 Å². The fraction of sp³-hybridized carbons (Fsp3) is 0.188. The first-order chi connectivity index (χ1) is 11.3. The highest BCUT2D eigenvalue weighted by Gasteiger charge is 2.31. The van der Waals surface area contributed by atoms with Crippen LogP contribution in [-0.4, -0.2) is 11.3 Å². The van der Waals surface area contributed by atoms with Crippen molar-refractivity contribution in [2.75, 3.05) is 5.32 Å². The number of anilines is 1. The molecule has 0 unspecified atom stereocenters. The summed E-state index contributed by atoms with van der Waals surface area (Å²) in [7, 11) is 0. The van der Waals surface area contributed by atoms with Crippen LogP contribution in [-0.2, 0) is 6.54 Å². The number of pyridine rings is 1. The van der Waals surface area contributed by atoms with Gasteiger partial charge in [0.15, 0.2) is 0 Å². The highest BCUT2D eigenvalue weighted by molar-refractivity contribution is 5.64. The van der Waals surface area contributed by atoms with E-state index in [0.717, 1.165) is 0 Å². The van der Waals surface area contributed by atoms with Crippen molar-refractivity contribution < 1.29 is 17.9 Å². The molecule has 128 valence electrons. The monoisotopic (exact) mass is 338 g/mol. The third-order valence-electron chi connectivity index (χ3n) is 3.12. The van der Waals surface area contributed by atoms with Crippen LogP contribution in [0.5, 0.6) is 5.75 Å². The quantitative estimate of drug-likeness (QED) is 0.780. The Morgan fingerprint density at radius 3 is 2.71 bits per heavy atom. The first-order valence-corrected chi connectivity index (χ1v) is 7.03. The predicted molar refractivity (Wildman–Crippen MR) is 85.8 cm³/mol. The van der Waals surface area contributed by atoms with Crippen molar-refractivity contribution in [3.63, 3.8) is 0 Å². The molecule has 0 saturated carbocycles. The average molecular weight is 338 g/mol. The summed E-state index contributed by atoms with van der Waals surface area (Å²) in [6, 6.07) is 9.63. The van der Waals surface area contributed by atoms with Crippen molar-refractivity contribution in [2.45, 2.75) is 19.8 Å². The van der Waals surface area contributed by atoms with Gasteiger partial charge in [-0.25, -0.2) is 4.98 Å². The molecule has 0 aliphatic heterocycles. The predicted octanol–water partition coefficient (Wildman–Crippen LogP) is 3.12. The molecular formula is C16H17F3N4O. The molecule has 2 rings (SSSR count). The molecular weight excluding hydrogens is 321 g/mol. The van der Waals surface area contributed by atoms with E-state index in [2.05, 4.69) is 15.0 Å². The minimum atomic E-state index is -4.75. The molecule has 0 saturated heterocycles.